The summed E-state index contributed by atoms with van der Waals surface area (Å²) in [6.45, 7) is 8.83. The van der Waals surface area contributed by atoms with Crippen LogP contribution in [0.1, 0.15) is 33.1 Å². The Kier molecular flexibility index (Phi) is 7.48. The van der Waals surface area contributed by atoms with Crippen LogP contribution in [-0.2, 0) is 9.53 Å². The van der Waals surface area contributed by atoms with Crippen molar-refractivity contribution in [2.24, 2.45) is 5.41 Å². The Morgan fingerprint density at radius 2 is 2.05 bits per heavy atom. The molecule has 0 spiro atoms. The molecule has 1 heterocycles. The van der Waals surface area contributed by atoms with Crippen LogP contribution in [0.15, 0.2) is 0 Å². The number of amides is 1. The summed E-state index contributed by atoms with van der Waals surface area (Å²) in [6.07, 6.45) is 3.25. The molecule has 1 saturated heterocycles. The van der Waals surface area contributed by atoms with Crippen molar-refractivity contribution >= 4 is 5.91 Å². The molecule has 1 aliphatic rings. The van der Waals surface area contributed by atoms with Crippen molar-refractivity contribution in [3.8, 4) is 0 Å². The molecule has 1 unspecified atom stereocenters. The molecule has 118 valence electrons. The number of nitrogens with zero attached hydrogens (tertiary/aromatic N) is 1. The lowest BCUT2D eigenvalue weighted by Gasteiger charge is -2.38. The summed E-state index contributed by atoms with van der Waals surface area (Å²) in [4.78, 5) is 14.3. The standard InChI is InChI=1S/C15H31N3O2/c1-13(14(19)16-8-5-11-20-4)17-12-15(2)6-9-18(3)10-7-15/h13,17H,5-12H2,1-4H3,(H,16,19). The van der Waals surface area contributed by atoms with Gasteiger partial charge >= 0.3 is 0 Å². The van der Waals surface area contributed by atoms with Gasteiger partial charge < -0.3 is 20.3 Å². The fourth-order valence-electron chi connectivity index (χ4n) is 2.41. The number of carbonyl (C=O) groups excluding carboxylic acids is 1. The molecule has 5 heteroatoms. The molecule has 0 aliphatic carbocycles. The van der Waals surface area contributed by atoms with E-state index in [1.807, 2.05) is 6.92 Å². The zero-order chi connectivity index (χ0) is 15.0. The maximum atomic E-state index is 11.9. The first-order valence-electron chi connectivity index (χ1n) is 7.65. The molecule has 0 aromatic carbocycles. The van der Waals surface area contributed by atoms with Gasteiger partial charge in [-0.25, -0.2) is 0 Å². The van der Waals surface area contributed by atoms with Crippen molar-refractivity contribution in [3.05, 3.63) is 0 Å². The summed E-state index contributed by atoms with van der Waals surface area (Å²) in [5.41, 5.74) is 0.317. The number of nitrogens with one attached hydrogen (secondary N) is 2. The molecule has 0 aromatic heterocycles. The lowest BCUT2D eigenvalue weighted by Crippen LogP contribution is -2.48. The molecule has 1 fully saturated rings. The highest BCUT2D eigenvalue weighted by Gasteiger charge is 2.29. The van der Waals surface area contributed by atoms with Crippen LogP contribution < -0.4 is 10.6 Å². The minimum absolute atomic E-state index is 0.0811. The van der Waals surface area contributed by atoms with E-state index in [0.717, 1.165) is 26.1 Å². The van der Waals surface area contributed by atoms with Crippen molar-refractivity contribution in [2.75, 3.05) is 46.9 Å². The minimum Gasteiger partial charge on any atom is -0.385 e. The van der Waals surface area contributed by atoms with E-state index < -0.39 is 0 Å². The van der Waals surface area contributed by atoms with E-state index >= 15 is 0 Å². The van der Waals surface area contributed by atoms with Gasteiger partial charge in [-0.1, -0.05) is 6.92 Å². The zero-order valence-electron chi connectivity index (χ0n) is 13.5. The lowest BCUT2D eigenvalue weighted by molar-refractivity contribution is -0.122. The third-order valence-corrected chi connectivity index (χ3v) is 4.25. The molecule has 0 aromatic rings. The van der Waals surface area contributed by atoms with Crippen molar-refractivity contribution in [3.63, 3.8) is 0 Å². The Morgan fingerprint density at radius 1 is 1.40 bits per heavy atom. The Labute approximate surface area is 123 Å². The number of hydrogen-bond acceptors (Lipinski definition) is 4. The first-order valence-corrected chi connectivity index (χ1v) is 7.65. The highest BCUT2D eigenvalue weighted by atomic mass is 16.5. The topological polar surface area (TPSA) is 53.6 Å². The van der Waals surface area contributed by atoms with Crippen molar-refractivity contribution in [1.29, 1.82) is 0 Å². The predicted molar refractivity (Wildman–Crippen MR) is 81.8 cm³/mol. The Bertz CT molecular complexity index is 289. The quantitative estimate of drug-likeness (QED) is 0.649. The number of likely N-dealkylation sites (tertiary alicyclic amines) is 1. The van der Waals surface area contributed by atoms with Gasteiger partial charge in [0.15, 0.2) is 0 Å². The first kappa shape index (κ1) is 17.4. The van der Waals surface area contributed by atoms with Crippen LogP contribution in [-0.4, -0.2) is 63.8 Å². The second kappa shape index (κ2) is 8.60. The van der Waals surface area contributed by atoms with Crippen molar-refractivity contribution < 1.29 is 9.53 Å². The van der Waals surface area contributed by atoms with Crippen LogP contribution in [0.2, 0.25) is 0 Å². The summed E-state index contributed by atoms with van der Waals surface area (Å²) in [5.74, 6) is 0.0811. The number of rotatable bonds is 8. The maximum absolute atomic E-state index is 11.9. The van der Waals surface area contributed by atoms with E-state index in [9.17, 15) is 4.79 Å². The fraction of sp³-hybridized carbons (Fsp3) is 0.933. The zero-order valence-corrected chi connectivity index (χ0v) is 13.5. The molecule has 1 amide bonds. The summed E-state index contributed by atoms with van der Waals surface area (Å²) >= 11 is 0. The van der Waals surface area contributed by atoms with E-state index in [1.165, 1.54) is 12.8 Å². The molecular weight excluding hydrogens is 254 g/mol. The monoisotopic (exact) mass is 285 g/mol. The number of methoxy groups -OCH3 is 1. The van der Waals surface area contributed by atoms with Gasteiger partial charge in [-0.3, -0.25) is 4.79 Å². The van der Waals surface area contributed by atoms with E-state index in [-0.39, 0.29) is 11.9 Å². The second-order valence-electron chi connectivity index (χ2n) is 6.35. The average Bonchev–Trinajstić information content (AvgIpc) is 2.44. The van der Waals surface area contributed by atoms with Gasteiger partial charge in [0.1, 0.15) is 0 Å². The van der Waals surface area contributed by atoms with Crippen LogP contribution in [0.25, 0.3) is 0 Å². The van der Waals surface area contributed by atoms with Crippen LogP contribution in [0.3, 0.4) is 0 Å². The van der Waals surface area contributed by atoms with Gasteiger partial charge in [-0.2, -0.15) is 0 Å². The van der Waals surface area contributed by atoms with E-state index in [1.54, 1.807) is 7.11 Å². The van der Waals surface area contributed by atoms with E-state index in [2.05, 4.69) is 29.5 Å². The SMILES string of the molecule is COCCCNC(=O)C(C)NCC1(C)CCN(C)CC1. The highest BCUT2D eigenvalue weighted by Crippen LogP contribution is 2.29. The van der Waals surface area contributed by atoms with E-state index in [4.69, 9.17) is 4.74 Å². The van der Waals surface area contributed by atoms with Crippen LogP contribution in [0.5, 0.6) is 0 Å². The molecule has 2 N–H and O–H groups in total. The molecule has 0 saturated carbocycles. The van der Waals surface area contributed by atoms with Gasteiger partial charge in [0.2, 0.25) is 5.91 Å². The van der Waals surface area contributed by atoms with Gasteiger partial charge in [0.05, 0.1) is 6.04 Å². The summed E-state index contributed by atoms with van der Waals surface area (Å²) < 4.78 is 4.96. The molecule has 0 radical (unpaired) electrons. The largest absolute Gasteiger partial charge is 0.385 e. The Hall–Kier alpha value is -0.650. The van der Waals surface area contributed by atoms with Crippen molar-refractivity contribution in [2.45, 2.75) is 39.2 Å². The first-order chi connectivity index (χ1) is 9.47. The normalized spacial score (nSPS) is 20.6. The number of ether oxygens (including phenoxy) is 1. The number of piperidine rings is 1. The van der Waals surface area contributed by atoms with Crippen molar-refractivity contribution in [1.82, 2.24) is 15.5 Å². The average molecular weight is 285 g/mol. The predicted octanol–water partition coefficient (Wildman–Crippen LogP) is 0.849. The summed E-state index contributed by atoms with van der Waals surface area (Å²) in [7, 11) is 3.84. The Morgan fingerprint density at radius 3 is 2.65 bits per heavy atom. The third-order valence-electron chi connectivity index (χ3n) is 4.25. The molecular formula is C15H31N3O2. The number of carbonyl (C=O) groups is 1. The smallest absolute Gasteiger partial charge is 0.236 e. The molecule has 1 rings (SSSR count). The molecule has 0 bridgehead atoms. The molecule has 1 atom stereocenters. The van der Waals surface area contributed by atoms with Crippen LogP contribution in [0, 0.1) is 5.41 Å². The third kappa shape index (κ3) is 6.20. The molecule has 20 heavy (non-hydrogen) atoms. The van der Waals surface area contributed by atoms with Crippen LogP contribution >= 0.6 is 0 Å². The van der Waals surface area contributed by atoms with Gasteiger partial charge in [0, 0.05) is 26.8 Å². The number of hydrogen-bond donors (Lipinski definition) is 2. The van der Waals surface area contributed by atoms with E-state index in [0.29, 0.717) is 18.6 Å². The summed E-state index contributed by atoms with van der Waals surface area (Å²) in [5, 5.41) is 6.32. The maximum Gasteiger partial charge on any atom is 0.236 e. The fourth-order valence-corrected chi connectivity index (χ4v) is 2.41. The van der Waals surface area contributed by atoms with Gasteiger partial charge in [-0.05, 0) is 51.7 Å². The van der Waals surface area contributed by atoms with Gasteiger partial charge in [-0.15, -0.1) is 0 Å². The Balaban J connectivity index is 2.21. The molecule has 5 nitrogen and oxygen atoms in total. The van der Waals surface area contributed by atoms with Crippen LogP contribution in [0.4, 0.5) is 0 Å². The minimum atomic E-state index is -0.131. The highest BCUT2D eigenvalue weighted by molar-refractivity contribution is 5.81. The summed E-state index contributed by atoms with van der Waals surface area (Å²) in [6, 6.07) is -0.131. The second-order valence-corrected chi connectivity index (χ2v) is 6.35. The molecule has 1 aliphatic heterocycles. The lowest BCUT2D eigenvalue weighted by atomic mass is 9.80. The van der Waals surface area contributed by atoms with Gasteiger partial charge in [0.25, 0.3) is 0 Å².